The number of nitrogens with zero attached hydrogens (tertiary/aromatic N) is 1. The van der Waals surface area contributed by atoms with Crippen LogP contribution in [0.15, 0.2) is 18.2 Å². The molecule has 1 aromatic rings. The third-order valence-corrected chi connectivity index (χ3v) is 4.62. The number of nitrogens with one attached hydrogen (secondary N) is 1. The lowest BCUT2D eigenvalue weighted by atomic mass is 9.97. The van der Waals surface area contributed by atoms with Gasteiger partial charge in [-0.2, -0.15) is 0 Å². The van der Waals surface area contributed by atoms with E-state index in [2.05, 4.69) is 35.3 Å². The van der Waals surface area contributed by atoms with Gasteiger partial charge in [-0.3, -0.25) is 4.90 Å². The Bertz CT molecular complexity index is 472. The molecule has 0 amide bonds. The van der Waals surface area contributed by atoms with Crippen molar-refractivity contribution < 1.29 is 9.47 Å². The van der Waals surface area contributed by atoms with E-state index in [1.54, 1.807) is 0 Å². The van der Waals surface area contributed by atoms with E-state index in [9.17, 15) is 0 Å². The number of hydrogen-bond acceptors (Lipinski definition) is 4. The smallest absolute Gasteiger partial charge is 0.161 e. The molecule has 0 saturated carbocycles. The van der Waals surface area contributed by atoms with E-state index in [-0.39, 0.29) is 0 Å². The van der Waals surface area contributed by atoms with E-state index in [1.807, 2.05) is 0 Å². The number of hydrogen-bond donors (Lipinski definition) is 1. The number of ether oxygens (including phenoxy) is 2. The van der Waals surface area contributed by atoms with Crippen LogP contribution >= 0.6 is 0 Å². The first-order valence-corrected chi connectivity index (χ1v) is 8.73. The molecule has 0 aliphatic carbocycles. The van der Waals surface area contributed by atoms with E-state index in [0.717, 1.165) is 37.7 Å². The van der Waals surface area contributed by atoms with Gasteiger partial charge in [-0.15, -0.1) is 0 Å². The molecule has 0 bridgehead atoms. The molecule has 2 aliphatic rings. The molecule has 3 rings (SSSR count). The van der Waals surface area contributed by atoms with Crippen LogP contribution < -0.4 is 14.8 Å². The average Bonchev–Trinajstić information content (AvgIpc) is 2.59. The maximum atomic E-state index is 5.77. The van der Waals surface area contributed by atoms with E-state index in [0.29, 0.717) is 19.3 Å². The van der Waals surface area contributed by atoms with Gasteiger partial charge in [0, 0.05) is 32.2 Å². The molecule has 0 unspecified atom stereocenters. The third kappa shape index (κ3) is 3.73. The topological polar surface area (TPSA) is 33.7 Å². The van der Waals surface area contributed by atoms with Crippen molar-refractivity contribution in [3.8, 4) is 11.5 Å². The highest BCUT2D eigenvalue weighted by Crippen LogP contribution is 2.36. The standard InChI is InChI=1S/C18H28N2O2/c1-2-3-4-5-16(20-10-8-19-9-11-20)15-6-7-17-18(14-15)22-13-12-21-17/h6-7,14,16,19H,2-5,8-13H2,1H3/t16-/m1/s1. The maximum Gasteiger partial charge on any atom is 0.161 e. The first-order chi connectivity index (χ1) is 10.9. The predicted molar refractivity (Wildman–Crippen MR) is 88.8 cm³/mol. The molecule has 0 aromatic heterocycles. The summed E-state index contributed by atoms with van der Waals surface area (Å²) >= 11 is 0. The molecule has 4 heteroatoms. The Morgan fingerprint density at radius 3 is 2.64 bits per heavy atom. The van der Waals surface area contributed by atoms with Crippen LogP contribution in [0.25, 0.3) is 0 Å². The minimum atomic E-state index is 0.504. The molecule has 22 heavy (non-hydrogen) atoms. The van der Waals surface area contributed by atoms with Crippen LogP contribution in [0.4, 0.5) is 0 Å². The SMILES string of the molecule is CCCCC[C@H](c1ccc2c(c1)OCCO2)N1CCNCC1. The summed E-state index contributed by atoms with van der Waals surface area (Å²) < 4.78 is 11.4. The normalized spacial score (nSPS) is 19.9. The minimum absolute atomic E-state index is 0.504. The summed E-state index contributed by atoms with van der Waals surface area (Å²) in [6.07, 6.45) is 5.11. The number of fused-ring (bicyclic) bond motifs is 1. The molecule has 1 N–H and O–H groups in total. The Labute approximate surface area is 133 Å². The Morgan fingerprint density at radius 1 is 1.09 bits per heavy atom. The van der Waals surface area contributed by atoms with Crippen molar-refractivity contribution >= 4 is 0 Å². The molecule has 2 heterocycles. The van der Waals surface area contributed by atoms with Crippen LogP contribution in [-0.2, 0) is 0 Å². The average molecular weight is 304 g/mol. The summed E-state index contributed by atoms with van der Waals surface area (Å²) in [6.45, 7) is 8.03. The Kier molecular flexibility index (Phi) is 5.57. The molecular formula is C18H28N2O2. The van der Waals surface area contributed by atoms with Gasteiger partial charge in [-0.05, 0) is 24.1 Å². The quantitative estimate of drug-likeness (QED) is 0.819. The van der Waals surface area contributed by atoms with Gasteiger partial charge in [-0.25, -0.2) is 0 Å². The molecule has 4 nitrogen and oxygen atoms in total. The predicted octanol–water partition coefficient (Wildman–Crippen LogP) is 2.98. The second-order valence-corrected chi connectivity index (χ2v) is 6.20. The zero-order chi connectivity index (χ0) is 15.2. The molecule has 1 saturated heterocycles. The highest BCUT2D eigenvalue weighted by atomic mass is 16.6. The summed E-state index contributed by atoms with van der Waals surface area (Å²) in [5.41, 5.74) is 1.38. The lowest BCUT2D eigenvalue weighted by Crippen LogP contribution is -2.45. The van der Waals surface area contributed by atoms with Gasteiger partial charge in [0.1, 0.15) is 13.2 Å². The Hall–Kier alpha value is -1.26. The molecule has 122 valence electrons. The summed E-state index contributed by atoms with van der Waals surface area (Å²) in [4.78, 5) is 2.62. The van der Waals surface area contributed by atoms with Crippen molar-refractivity contribution in [2.45, 2.75) is 38.6 Å². The molecule has 0 radical (unpaired) electrons. The fourth-order valence-corrected chi connectivity index (χ4v) is 3.41. The fourth-order valence-electron chi connectivity index (χ4n) is 3.41. The van der Waals surface area contributed by atoms with Crippen LogP contribution in [0.1, 0.15) is 44.2 Å². The van der Waals surface area contributed by atoms with Crippen molar-refractivity contribution in [2.75, 3.05) is 39.4 Å². The van der Waals surface area contributed by atoms with Crippen molar-refractivity contribution in [1.29, 1.82) is 0 Å². The minimum Gasteiger partial charge on any atom is -0.486 e. The van der Waals surface area contributed by atoms with Crippen LogP contribution in [0.3, 0.4) is 0 Å². The second-order valence-electron chi connectivity index (χ2n) is 6.20. The summed E-state index contributed by atoms with van der Waals surface area (Å²) in [5.74, 6) is 1.81. The lowest BCUT2D eigenvalue weighted by molar-refractivity contribution is 0.158. The molecule has 1 aromatic carbocycles. The van der Waals surface area contributed by atoms with Crippen LogP contribution in [-0.4, -0.2) is 44.3 Å². The first kappa shape index (κ1) is 15.6. The number of unbranched alkanes of at least 4 members (excludes halogenated alkanes) is 2. The van der Waals surface area contributed by atoms with E-state index in [1.165, 1.54) is 31.2 Å². The van der Waals surface area contributed by atoms with Crippen molar-refractivity contribution in [1.82, 2.24) is 10.2 Å². The monoisotopic (exact) mass is 304 g/mol. The fraction of sp³-hybridized carbons (Fsp3) is 0.667. The van der Waals surface area contributed by atoms with Gasteiger partial charge in [-0.1, -0.05) is 32.3 Å². The van der Waals surface area contributed by atoms with Gasteiger partial charge < -0.3 is 14.8 Å². The van der Waals surface area contributed by atoms with Crippen molar-refractivity contribution in [3.05, 3.63) is 23.8 Å². The molecule has 0 spiro atoms. The zero-order valence-corrected chi connectivity index (χ0v) is 13.6. The van der Waals surface area contributed by atoms with Crippen LogP contribution in [0.2, 0.25) is 0 Å². The van der Waals surface area contributed by atoms with Gasteiger partial charge in [0.2, 0.25) is 0 Å². The highest BCUT2D eigenvalue weighted by molar-refractivity contribution is 5.44. The van der Waals surface area contributed by atoms with E-state index in [4.69, 9.17) is 9.47 Å². The molecular weight excluding hydrogens is 276 g/mol. The number of piperazine rings is 1. The van der Waals surface area contributed by atoms with Crippen molar-refractivity contribution in [2.24, 2.45) is 0 Å². The van der Waals surface area contributed by atoms with Gasteiger partial charge in [0.05, 0.1) is 0 Å². The van der Waals surface area contributed by atoms with Crippen LogP contribution in [0, 0.1) is 0 Å². The van der Waals surface area contributed by atoms with Crippen molar-refractivity contribution in [3.63, 3.8) is 0 Å². The Balaban J connectivity index is 1.77. The number of benzene rings is 1. The van der Waals surface area contributed by atoms with Gasteiger partial charge in [0.25, 0.3) is 0 Å². The van der Waals surface area contributed by atoms with E-state index < -0.39 is 0 Å². The zero-order valence-electron chi connectivity index (χ0n) is 13.6. The largest absolute Gasteiger partial charge is 0.486 e. The number of rotatable bonds is 6. The maximum absolute atomic E-state index is 5.77. The van der Waals surface area contributed by atoms with E-state index >= 15 is 0 Å². The summed E-state index contributed by atoms with van der Waals surface area (Å²) in [7, 11) is 0. The van der Waals surface area contributed by atoms with Crippen LogP contribution in [0.5, 0.6) is 11.5 Å². The molecule has 2 aliphatic heterocycles. The first-order valence-electron chi connectivity index (χ1n) is 8.73. The second kappa shape index (κ2) is 7.84. The lowest BCUT2D eigenvalue weighted by Gasteiger charge is -2.35. The summed E-state index contributed by atoms with van der Waals surface area (Å²) in [5, 5.41) is 3.45. The van der Waals surface area contributed by atoms with Gasteiger partial charge in [0.15, 0.2) is 11.5 Å². The third-order valence-electron chi connectivity index (χ3n) is 4.62. The summed E-state index contributed by atoms with van der Waals surface area (Å²) in [6, 6.07) is 7.02. The Morgan fingerprint density at radius 2 is 1.86 bits per heavy atom. The molecule has 1 fully saturated rings. The highest BCUT2D eigenvalue weighted by Gasteiger charge is 2.23. The van der Waals surface area contributed by atoms with Gasteiger partial charge >= 0.3 is 0 Å². The molecule has 1 atom stereocenters.